The Labute approximate surface area is 101 Å². The van der Waals surface area contributed by atoms with Crippen LogP contribution < -0.4 is 5.56 Å². The van der Waals surface area contributed by atoms with Crippen molar-refractivity contribution in [2.75, 3.05) is 0 Å². The van der Waals surface area contributed by atoms with Crippen molar-refractivity contribution >= 4 is 0 Å². The van der Waals surface area contributed by atoms with E-state index in [1.807, 2.05) is 12.1 Å². The van der Waals surface area contributed by atoms with Gasteiger partial charge in [0.25, 0.3) is 5.56 Å². The van der Waals surface area contributed by atoms with Crippen LogP contribution in [-0.4, -0.2) is 9.78 Å². The number of aromatic amines is 1. The SMILES string of the molecule is CCCc1c(-c2cccc(C)c2)[nH]n(C)c1=O. The van der Waals surface area contributed by atoms with Crippen molar-refractivity contribution in [3.8, 4) is 11.3 Å². The zero-order chi connectivity index (χ0) is 12.4. The van der Waals surface area contributed by atoms with Crippen LogP contribution in [0.15, 0.2) is 29.1 Å². The first-order chi connectivity index (χ1) is 8.13. The van der Waals surface area contributed by atoms with Gasteiger partial charge in [-0.15, -0.1) is 0 Å². The molecule has 1 heterocycles. The van der Waals surface area contributed by atoms with Crippen molar-refractivity contribution in [1.29, 1.82) is 0 Å². The van der Waals surface area contributed by atoms with Crippen LogP contribution >= 0.6 is 0 Å². The monoisotopic (exact) mass is 230 g/mol. The first kappa shape index (κ1) is 11.7. The third-order valence-corrected chi connectivity index (χ3v) is 2.95. The number of aryl methyl sites for hydroxylation is 2. The number of hydrogen-bond acceptors (Lipinski definition) is 1. The second-order valence-corrected chi connectivity index (χ2v) is 4.45. The normalized spacial score (nSPS) is 10.8. The van der Waals surface area contributed by atoms with Crippen LogP contribution in [0, 0.1) is 6.92 Å². The van der Waals surface area contributed by atoms with Gasteiger partial charge in [0, 0.05) is 18.2 Å². The smallest absolute Gasteiger partial charge is 0.270 e. The molecule has 0 aliphatic heterocycles. The Hall–Kier alpha value is -1.77. The third-order valence-electron chi connectivity index (χ3n) is 2.95. The molecule has 17 heavy (non-hydrogen) atoms. The van der Waals surface area contributed by atoms with Crippen molar-refractivity contribution in [2.24, 2.45) is 7.05 Å². The second-order valence-electron chi connectivity index (χ2n) is 4.45. The highest BCUT2D eigenvalue weighted by Gasteiger charge is 2.12. The van der Waals surface area contributed by atoms with Gasteiger partial charge in [-0.3, -0.25) is 14.6 Å². The maximum absolute atomic E-state index is 12.0. The topological polar surface area (TPSA) is 37.8 Å². The lowest BCUT2D eigenvalue weighted by Gasteiger charge is -2.02. The largest absolute Gasteiger partial charge is 0.295 e. The van der Waals surface area contributed by atoms with Gasteiger partial charge < -0.3 is 0 Å². The molecule has 1 N–H and O–H groups in total. The number of aromatic nitrogens is 2. The summed E-state index contributed by atoms with van der Waals surface area (Å²) in [4.78, 5) is 12.0. The molecule has 0 radical (unpaired) electrons. The van der Waals surface area contributed by atoms with Crippen molar-refractivity contribution in [1.82, 2.24) is 9.78 Å². The molecule has 1 aromatic heterocycles. The quantitative estimate of drug-likeness (QED) is 0.864. The number of rotatable bonds is 3. The fourth-order valence-corrected chi connectivity index (χ4v) is 2.12. The molecule has 90 valence electrons. The van der Waals surface area contributed by atoms with Gasteiger partial charge in [0.15, 0.2) is 0 Å². The second kappa shape index (κ2) is 4.62. The molecule has 0 amide bonds. The minimum atomic E-state index is 0.0864. The van der Waals surface area contributed by atoms with Crippen LogP contribution in [0.1, 0.15) is 24.5 Å². The fraction of sp³-hybridized carbons (Fsp3) is 0.357. The molecule has 3 nitrogen and oxygen atoms in total. The maximum atomic E-state index is 12.0. The summed E-state index contributed by atoms with van der Waals surface area (Å²) in [5, 5.41) is 3.15. The molecule has 2 rings (SSSR count). The van der Waals surface area contributed by atoms with Crippen LogP contribution in [0.25, 0.3) is 11.3 Å². The van der Waals surface area contributed by atoms with Gasteiger partial charge in [0.2, 0.25) is 0 Å². The van der Waals surface area contributed by atoms with E-state index in [2.05, 4.69) is 31.1 Å². The highest BCUT2D eigenvalue weighted by Crippen LogP contribution is 2.21. The highest BCUT2D eigenvalue weighted by molar-refractivity contribution is 5.63. The zero-order valence-electron chi connectivity index (χ0n) is 10.6. The summed E-state index contributed by atoms with van der Waals surface area (Å²) in [7, 11) is 1.76. The van der Waals surface area contributed by atoms with E-state index in [-0.39, 0.29) is 5.56 Å². The van der Waals surface area contributed by atoms with E-state index in [4.69, 9.17) is 0 Å². The van der Waals surface area contributed by atoms with E-state index < -0.39 is 0 Å². The van der Waals surface area contributed by atoms with E-state index >= 15 is 0 Å². The standard InChI is InChI=1S/C14H18N2O/c1-4-6-12-13(15-16(3)14(12)17)11-8-5-7-10(2)9-11/h5,7-9,15H,4,6H2,1-3H3. The molecular formula is C14H18N2O. The third kappa shape index (κ3) is 2.18. The van der Waals surface area contributed by atoms with Gasteiger partial charge in [0.1, 0.15) is 0 Å². The molecule has 0 saturated carbocycles. The lowest BCUT2D eigenvalue weighted by molar-refractivity contribution is 0.738. The number of nitrogens with zero attached hydrogens (tertiary/aromatic N) is 1. The van der Waals surface area contributed by atoms with E-state index in [1.165, 1.54) is 5.56 Å². The highest BCUT2D eigenvalue weighted by atomic mass is 16.1. The first-order valence-electron chi connectivity index (χ1n) is 5.98. The van der Waals surface area contributed by atoms with Gasteiger partial charge in [-0.05, 0) is 19.4 Å². The molecule has 0 aliphatic rings. The van der Waals surface area contributed by atoms with Crippen LogP contribution in [-0.2, 0) is 13.5 Å². The Morgan fingerprint density at radius 1 is 1.35 bits per heavy atom. The first-order valence-corrected chi connectivity index (χ1v) is 5.98. The molecule has 0 atom stereocenters. The number of nitrogens with one attached hydrogen (secondary N) is 1. The molecule has 0 bridgehead atoms. The Morgan fingerprint density at radius 2 is 2.12 bits per heavy atom. The summed E-state index contributed by atoms with van der Waals surface area (Å²) in [6.45, 7) is 4.15. The zero-order valence-corrected chi connectivity index (χ0v) is 10.6. The average Bonchev–Trinajstić information content (AvgIpc) is 2.58. The minimum absolute atomic E-state index is 0.0864. The van der Waals surface area contributed by atoms with Crippen LogP contribution in [0.4, 0.5) is 0 Å². The molecule has 0 fully saturated rings. The fourth-order valence-electron chi connectivity index (χ4n) is 2.12. The van der Waals surface area contributed by atoms with Crippen LogP contribution in [0.3, 0.4) is 0 Å². The number of benzene rings is 1. The van der Waals surface area contributed by atoms with Crippen molar-refractivity contribution in [3.05, 3.63) is 45.7 Å². The van der Waals surface area contributed by atoms with Crippen molar-refractivity contribution in [2.45, 2.75) is 26.7 Å². The Bertz CT molecular complexity index is 578. The summed E-state index contributed by atoms with van der Waals surface area (Å²) >= 11 is 0. The predicted octanol–water partition coefficient (Wildman–Crippen LogP) is 2.64. The lowest BCUT2D eigenvalue weighted by atomic mass is 10.0. The summed E-state index contributed by atoms with van der Waals surface area (Å²) in [5.41, 5.74) is 4.23. The van der Waals surface area contributed by atoms with Gasteiger partial charge in [-0.2, -0.15) is 0 Å². The molecular weight excluding hydrogens is 212 g/mol. The van der Waals surface area contributed by atoms with Gasteiger partial charge >= 0.3 is 0 Å². The Morgan fingerprint density at radius 3 is 2.76 bits per heavy atom. The minimum Gasteiger partial charge on any atom is -0.295 e. The summed E-state index contributed by atoms with van der Waals surface area (Å²) in [6, 6.07) is 8.22. The molecule has 0 aliphatic carbocycles. The molecule has 1 aromatic carbocycles. The van der Waals surface area contributed by atoms with E-state index in [1.54, 1.807) is 11.7 Å². The van der Waals surface area contributed by atoms with Crippen molar-refractivity contribution in [3.63, 3.8) is 0 Å². The Balaban J connectivity index is 2.59. The average molecular weight is 230 g/mol. The van der Waals surface area contributed by atoms with Gasteiger partial charge in [0.05, 0.1) is 5.69 Å². The number of H-pyrrole nitrogens is 1. The molecule has 0 saturated heterocycles. The summed E-state index contributed by atoms with van der Waals surface area (Å²) in [5.74, 6) is 0. The van der Waals surface area contributed by atoms with Crippen molar-refractivity contribution < 1.29 is 0 Å². The van der Waals surface area contributed by atoms with Crippen LogP contribution in [0.5, 0.6) is 0 Å². The maximum Gasteiger partial charge on any atom is 0.270 e. The lowest BCUT2D eigenvalue weighted by Crippen LogP contribution is -2.15. The predicted molar refractivity (Wildman–Crippen MR) is 70.2 cm³/mol. The number of hydrogen-bond donors (Lipinski definition) is 1. The van der Waals surface area contributed by atoms with E-state index in [0.29, 0.717) is 0 Å². The summed E-state index contributed by atoms with van der Waals surface area (Å²) in [6.07, 6.45) is 1.80. The van der Waals surface area contributed by atoms with Gasteiger partial charge in [-0.25, -0.2) is 0 Å². The van der Waals surface area contributed by atoms with E-state index in [0.717, 1.165) is 29.7 Å². The van der Waals surface area contributed by atoms with Crippen LogP contribution in [0.2, 0.25) is 0 Å². The Kier molecular flexibility index (Phi) is 3.18. The summed E-state index contributed by atoms with van der Waals surface area (Å²) < 4.78 is 1.56. The molecule has 0 unspecified atom stereocenters. The van der Waals surface area contributed by atoms with E-state index in [9.17, 15) is 4.79 Å². The molecule has 3 heteroatoms. The molecule has 0 spiro atoms. The molecule has 2 aromatic rings. The van der Waals surface area contributed by atoms with Gasteiger partial charge in [-0.1, -0.05) is 37.1 Å².